The lowest BCUT2D eigenvalue weighted by molar-refractivity contribution is -0.137. The molecule has 5 heteroatoms. The molecule has 0 unspecified atom stereocenters. The molecule has 1 aromatic rings. The molecule has 1 rings (SSSR count). The number of hydrogen-bond acceptors (Lipinski definition) is 3. The molecule has 0 atom stereocenters. The van der Waals surface area contributed by atoms with E-state index in [2.05, 4.69) is 4.74 Å². The van der Waals surface area contributed by atoms with Crippen LogP contribution < -0.4 is 0 Å². The molecule has 0 aliphatic heterocycles. The number of hydrogen-bond donors (Lipinski definition) is 0. The summed E-state index contributed by atoms with van der Waals surface area (Å²) < 4.78 is 5.29. The summed E-state index contributed by atoms with van der Waals surface area (Å²) in [6, 6.07) is 4.79. The third kappa shape index (κ3) is 3.17. The molecule has 1 aromatic carbocycles. The average molecular weight is 339 g/mol. The molecule has 0 bridgehead atoms. The van der Waals surface area contributed by atoms with Crippen LogP contribution in [0.1, 0.15) is 17.3 Å². The zero-order valence-electron chi connectivity index (χ0n) is 7.92. The van der Waals surface area contributed by atoms with Crippen molar-refractivity contribution < 1.29 is 14.3 Å². The summed E-state index contributed by atoms with van der Waals surface area (Å²) in [5.41, 5.74) is 0.279. The Morgan fingerprint density at radius 3 is 2.73 bits per heavy atom. The van der Waals surface area contributed by atoms with Crippen LogP contribution in [0.2, 0.25) is 5.02 Å². The van der Waals surface area contributed by atoms with Crippen LogP contribution in [0.5, 0.6) is 0 Å². The first-order valence-corrected chi connectivity index (χ1v) is 5.68. The molecule has 0 amide bonds. The van der Waals surface area contributed by atoms with Gasteiger partial charge in [0.1, 0.15) is 0 Å². The van der Waals surface area contributed by atoms with Crippen LogP contribution in [0.3, 0.4) is 0 Å². The smallest absolute Gasteiger partial charge is 0.379 e. The predicted octanol–water partition coefficient (Wildman–Crippen LogP) is 2.69. The number of benzene rings is 1. The van der Waals surface area contributed by atoms with Crippen LogP contribution in [0.15, 0.2) is 18.2 Å². The van der Waals surface area contributed by atoms with Crippen LogP contribution >= 0.6 is 34.2 Å². The van der Waals surface area contributed by atoms with Crippen molar-refractivity contribution in [2.24, 2.45) is 0 Å². The highest BCUT2D eigenvalue weighted by atomic mass is 127. The van der Waals surface area contributed by atoms with E-state index >= 15 is 0 Å². The first-order valence-electron chi connectivity index (χ1n) is 4.22. The molecule has 0 aliphatic rings. The van der Waals surface area contributed by atoms with Crippen LogP contribution in [-0.2, 0) is 9.53 Å². The summed E-state index contributed by atoms with van der Waals surface area (Å²) in [5.74, 6) is -1.51. The van der Waals surface area contributed by atoms with E-state index in [4.69, 9.17) is 11.6 Å². The Kier molecular flexibility index (Phi) is 4.53. The molecule has 0 saturated carbocycles. The van der Waals surface area contributed by atoms with Crippen LogP contribution in [0.25, 0.3) is 0 Å². The largest absolute Gasteiger partial charge is 0.460 e. The predicted molar refractivity (Wildman–Crippen MR) is 65.1 cm³/mol. The molecule has 0 radical (unpaired) electrons. The fourth-order valence-electron chi connectivity index (χ4n) is 0.978. The van der Waals surface area contributed by atoms with Gasteiger partial charge in [-0.2, -0.15) is 0 Å². The number of ketones is 1. The van der Waals surface area contributed by atoms with Gasteiger partial charge in [0, 0.05) is 14.2 Å². The maximum Gasteiger partial charge on any atom is 0.379 e. The van der Waals surface area contributed by atoms with Gasteiger partial charge in [0.15, 0.2) is 0 Å². The topological polar surface area (TPSA) is 43.4 Å². The summed E-state index contributed by atoms with van der Waals surface area (Å²) in [6.45, 7) is 1.83. The van der Waals surface area contributed by atoms with Crippen molar-refractivity contribution in [2.45, 2.75) is 6.92 Å². The number of halogens is 2. The number of carbonyl (C=O) groups is 2. The average Bonchev–Trinajstić information content (AvgIpc) is 2.21. The van der Waals surface area contributed by atoms with E-state index in [9.17, 15) is 9.59 Å². The molecule has 0 aliphatic carbocycles. The SMILES string of the molecule is CCOC(=O)C(=O)c1cc(Cl)ccc1I. The number of carbonyl (C=O) groups excluding carboxylic acids is 2. The first kappa shape index (κ1) is 12.4. The van der Waals surface area contributed by atoms with Crippen molar-refractivity contribution in [3.05, 3.63) is 32.4 Å². The van der Waals surface area contributed by atoms with Gasteiger partial charge in [0.05, 0.1) is 6.61 Å². The third-order valence-electron chi connectivity index (χ3n) is 1.63. The molecule has 0 N–H and O–H groups in total. The Labute approximate surface area is 106 Å². The standard InChI is InChI=1S/C10H8ClIO3/c1-2-15-10(14)9(13)7-5-6(11)3-4-8(7)12/h3-5H,2H2,1H3. The molecular formula is C10H8ClIO3. The van der Waals surface area contributed by atoms with E-state index < -0.39 is 11.8 Å². The molecule has 0 saturated heterocycles. The maximum atomic E-state index is 11.6. The third-order valence-corrected chi connectivity index (χ3v) is 2.81. The van der Waals surface area contributed by atoms with Crippen molar-refractivity contribution in [1.29, 1.82) is 0 Å². The Balaban J connectivity index is 3.00. The van der Waals surface area contributed by atoms with Crippen molar-refractivity contribution in [3.63, 3.8) is 0 Å². The van der Waals surface area contributed by atoms with Crippen molar-refractivity contribution in [2.75, 3.05) is 6.61 Å². The highest BCUT2D eigenvalue weighted by molar-refractivity contribution is 14.1. The minimum Gasteiger partial charge on any atom is -0.460 e. The molecule has 80 valence electrons. The molecule has 3 nitrogen and oxygen atoms in total. The summed E-state index contributed by atoms with van der Waals surface area (Å²) in [4.78, 5) is 22.8. The highest BCUT2D eigenvalue weighted by Crippen LogP contribution is 2.18. The van der Waals surface area contributed by atoms with Gasteiger partial charge in [0.25, 0.3) is 5.78 Å². The Bertz CT molecular complexity index is 404. The van der Waals surface area contributed by atoms with Gasteiger partial charge in [-0.15, -0.1) is 0 Å². The lowest BCUT2D eigenvalue weighted by Gasteiger charge is -2.03. The van der Waals surface area contributed by atoms with E-state index in [0.29, 0.717) is 8.59 Å². The second-order valence-corrected chi connectivity index (χ2v) is 4.27. The number of rotatable bonds is 3. The van der Waals surface area contributed by atoms with Crippen LogP contribution in [0, 0.1) is 3.57 Å². The van der Waals surface area contributed by atoms with Gasteiger partial charge in [-0.1, -0.05) is 11.6 Å². The molecular weight excluding hydrogens is 330 g/mol. The highest BCUT2D eigenvalue weighted by Gasteiger charge is 2.20. The molecule has 0 spiro atoms. The normalized spacial score (nSPS) is 9.80. The van der Waals surface area contributed by atoms with Gasteiger partial charge in [-0.3, -0.25) is 4.79 Å². The van der Waals surface area contributed by atoms with E-state index in [-0.39, 0.29) is 12.2 Å². The summed E-state index contributed by atoms with van der Waals surface area (Å²) in [7, 11) is 0. The second kappa shape index (κ2) is 5.46. The van der Waals surface area contributed by atoms with Gasteiger partial charge < -0.3 is 4.74 Å². The van der Waals surface area contributed by atoms with Crippen molar-refractivity contribution >= 4 is 45.9 Å². The zero-order valence-corrected chi connectivity index (χ0v) is 10.8. The first-order chi connectivity index (χ1) is 7.06. The van der Waals surface area contributed by atoms with Gasteiger partial charge in [-0.05, 0) is 47.7 Å². The van der Waals surface area contributed by atoms with Crippen molar-refractivity contribution in [1.82, 2.24) is 0 Å². The van der Waals surface area contributed by atoms with Gasteiger partial charge >= 0.3 is 5.97 Å². The van der Waals surface area contributed by atoms with Gasteiger partial charge in [-0.25, -0.2) is 4.79 Å². The zero-order chi connectivity index (χ0) is 11.4. The minimum atomic E-state index is -0.849. The summed E-state index contributed by atoms with van der Waals surface area (Å²) in [6.07, 6.45) is 0. The lowest BCUT2D eigenvalue weighted by atomic mass is 10.1. The number of ether oxygens (including phenoxy) is 1. The Hall–Kier alpha value is -0.620. The van der Waals surface area contributed by atoms with E-state index in [1.54, 1.807) is 19.1 Å². The minimum absolute atomic E-state index is 0.182. The van der Waals surface area contributed by atoms with E-state index in [0.717, 1.165) is 0 Å². The fourth-order valence-corrected chi connectivity index (χ4v) is 1.73. The molecule has 0 aromatic heterocycles. The quantitative estimate of drug-likeness (QED) is 0.368. The van der Waals surface area contributed by atoms with Crippen LogP contribution in [-0.4, -0.2) is 18.4 Å². The van der Waals surface area contributed by atoms with Gasteiger partial charge in [0.2, 0.25) is 0 Å². The Morgan fingerprint density at radius 1 is 1.47 bits per heavy atom. The molecule has 0 fully saturated rings. The monoisotopic (exact) mass is 338 g/mol. The summed E-state index contributed by atoms with van der Waals surface area (Å²) in [5, 5.41) is 0.420. The fraction of sp³-hybridized carbons (Fsp3) is 0.200. The number of Topliss-reactive ketones (excluding diaryl/α,β-unsaturated/α-hetero) is 1. The van der Waals surface area contributed by atoms with E-state index in [1.807, 2.05) is 22.6 Å². The van der Waals surface area contributed by atoms with E-state index in [1.165, 1.54) is 6.07 Å². The van der Waals surface area contributed by atoms with Crippen LogP contribution in [0.4, 0.5) is 0 Å². The summed E-state index contributed by atoms with van der Waals surface area (Å²) >= 11 is 7.70. The molecule has 0 heterocycles. The van der Waals surface area contributed by atoms with Crippen molar-refractivity contribution in [3.8, 4) is 0 Å². The number of esters is 1. The second-order valence-electron chi connectivity index (χ2n) is 2.67. The Morgan fingerprint density at radius 2 is 2.13 bits per heavy atom. The lowest BCUT2D eigenvalue weighted by Crippen LogP contribution is -2.18. The maximum absolute atomic E-state index is 11.6. The molecule has 15 heavy (non-hydrogen) atoms.